The Labute approximate surface area is 129 Å². The largest absolute Gasteiger partial charge is 0.481 e. The van der Waals surface area contributed by atoms with Crippen molar-refractivity contribution in [3.05, 3.63) is 29.8 Å². The first kappa shape index (κ1) is 15.9. The van der Waals surface area contributed by atoms with Crippen molar-refractivity contribution < 1.29 is 14.7 Å². The maximum atomic E-state index is 12.2. The Hall–Kier alpha value is -1.49. The van der Waals surface area contributed by atoms with Gasteiger partial charge in [0.05, 0.1) is 12.5 Å². The van der Waals surface area contributed by atoms with Gasteiger partial charge in [0.2, 0.25) is 5.91 Å². The van der Waals surface area contributed by atoms with Crippen LogP contribution in [0.5, 0.6) is 0 Å². The summed E-state index contributed by atoms with van der Waals surface area (Å²) >= 11 is 1.63. The molecule has 0 aromatic heterocycles. The lowest BCUT2D eigenvalue weighted by molar-refractivity contribution is -0.137. The molecular formula is C16H21NO3S. The second-order valence-corrected chi connectivity index (χ2v) is 6.29. The van der Waals surface area contributed by atoms with E-state index in [2.05, 4.69) is 5.32 Å². The summed E-state index contributed by atoms with van der Waals surface area (Å²) in [7, 11) is 0. The van der Waals surface area contributed by atoms with Gasteiger partial charge in [-0.1, -0.05) is 25.0 Å². The molecule has 1 aromatic rings. The second kappa shape index (κ2) is 7.50. The van der Waals surface area contributed by atoms with Gasteiger partial charge in [0, 0.05) is 10.8 Å². The zero-order valence-corrected chi connectivity index (χ0v) is 13.0. The summed E-state index contributed by atoms with van der Waals surface area (Å²) in [6.45, 7) is 0. The predicted octanol–water partition coefficient (Wildman–Crippen LogP) is 3.23. The highest BCUT2D eigenvalue weighted by atomic mass is 32.2. The minimum absolute atomic E-state index is 0.00677. The minimum Gasteiger partial charge on any atom is -0.481 e. The summed E-state index contributed by atoms with van der Waals surface area (Å²) in [5, 5.41) is 12.0. The first-order chi connectivity index (χ1) is 10.1. The molecule has 1 aromatic carbocycles. The number of benzene rings is 1. The summed E-state index contributed by atoms with van der Waals surface area (Å²) in [4.78, 5) is 24.4. The number of carboxylic acid groups (broad SMARTS) is 1. The number of carbonyl (C=O) groups excluding carboxylic acids is 1. The van der Waals surface area contributed by atoms with Crippen molar-refractivity contribution in [3.8, 4) is 0 Å². The van der Waals surface area contributed by atoms with Crippen molar-refractivity contribution in [2.45, 2.75) is 43.0 Å². The summed E-state index contributed by atoms with van der Waals surface area (Å²) in [6, 6.07) is 7.25. The first-order valence-corrected chi connectivity index (χ1v) is 8.48. The lowest BCUT2D eigenvalue weighted by atomic mass is 10.0. The van der Waals surface area contributed by atoms with Crippen LogP contribution in [-0.4, -0.2) is 23.2 Å². The highest BCUT2D eigenvalue weighted by Gasteiger charge is 2.26. The molecule has 5 heteroatoms. The Morgan fingerprint density at radius 1 is 1.29 bits per heavy atom. The van der Waals surface area contributed by atoms with Crippen molar-refractivity contribution in [2.75, 3.05) is 6.26 Å². The molecule has 1 saturated carbocycles. The van der Waals surface area contributed by atoms with Crippen LogP contribution in [0.25, 0.3) is 0 Å². The van der Waals surface area contributed by atoms with Gasteiger partial charge in [0.25, 0.3) is 0 Å². The van der Waals surface area contributed by atoms with Crippen LogP contribution in [0.3, 0.4) is 0 Å². The van der Waals surface area contributed by atoms with Crippen molar-refractivity contribution in [2.24, 2.45) is 5.92 Å². The van der Waals surface area contributed by atoms with E-state index in [0.29, 0.717) is 0 Å². The Balaban J connectivity index is 2.08. The van der Waals surface area contributed by atoms with Gasteiger partial charge in [-0.2, -0.15) is 0 Å². The molecule has 1 atom stereocenters. The topological polar surface area (TPSA) is 66.4 Å². The number of thioether (sulfide) groups is 1. The molecule has 0 spiro atoms. The summed E-state index contributed by atoms with van der Waals surface area (Å²) in [6.07, 6.45) is 5.91. The number of carbonyl (C=O) groups is 2. The predicted molar refractivity (Wildman–Crippen MR) is 83.3 cm³/mol. The Bertz CT molecular complexity index is 495. The normalized spacial score (nSPS) is 16.6. The van der Waals surface area contributed by atoms with Crippen molar-refractivity contribution in [1.29, 1.82) is 0 Å². The SMILES string of the molecule is CSc1ccc(C(CC(=O)O)NC(=O)C2CCCC2)cc1. The Kier molecular flexibility index (Phi) is 5.67. The molecule has 2 N–H and O–H groups in total. The Morgan fingerprint density at radius 2 is 1.90 bits per heavy atom. The summed E-state index contributed by atoms with van der Waals surface area (Å²) in [5.41, 5.74) is 0.849. The zero-order chi connectivity index (χ0) is 15.2. The van der Waals surface area contributed by atoms with Gasteiger partial charge in [-0.05, 0) is 36.8 Å². The van der Waals surface area contributed by atoms with E-state index in [9.17, 15) is 9.59 Å². The lowest BCUT2D eigenvalue weighted by Crippen LogP contribution is -2.34. The molecule has 2 rings (SSSR count). The van der Waals surface area contributed by atoms with E-state index < -0.39 is 12.0 Å². The number of nitrogens with one attached hydrogen (secondary N) is 1. The number of aliphatic carboxylic acids is 1. The fourth-order valence-electron chi connectivity index (χ4n) is 2.74. The van der Waals surface area contributed by atoms with E-state index in [1.54, 1.807) is 11.8 Å². The van der Waals surface area contributed by atoms with Crippen LogP contribution in [0.1, 0.15) is 43.7 Å². The summed E-state index contributed by atoms with van der Waals surface area (Å²) in [5.74, 6) is -0.861. The molecular weight excluding hydrogens is 286 g/mol. The third-order valence-electron chi connectivity index (χ3n) is 3.94. The number of rotatable bonds is 6. The molecule has 114 valence electrons. The first-order valence-electron chi connectivity index (χ1n) is 7.26. The van der Waals surface area contributed by atoms with Gasteiger partial charge in [-0.25, -0.2) is 0 Å². The Morgan fingerprint density at radius 3 is 2.43 bits per heavy atom. The molecule has 4 nitrogen and oxygen atoms in total. The molecule has 0 aliphatic heterocycles. The van der Waals surface area contributed by atoms with Crippen LogP contribution in [0.2, 0.25) is 0 Å². The highest BCUT2D eigenvalue weighted by molar-refractivity contribution is 7.98. The van der Waals surface area contributed by atoms with Gasteiger partial charge in [-0.15, -0.1) is 11.8 Å². The molecule has 1 fully saturated rings. The van der Waals surface area contributed by atoms with Gasteiger partial charge in [0.1, 0.15) is 0 Å². The zero-order valence-electron chi connectivity index (χ0n) is 12.2. The molecule has 0 bridgehead atoms. The number of amides is 1. The average molecular weight is 307 g/mol. The van der Waals surface area contributed by atoms with Crippen molar-refractivity contribution in [1.82, 2.24) is 5.32 Å². The lowest BCUT2D eigenvalue weighted by Gasteiger charge is -2.20. The van der Waals surface area contributed by atoms with Crippen molar-refractivity contribution in [3.63, 3.8) is 0 Å². The molecule has 21 heavy (non-hydrogen) atoms. The fourth-order valence-corrected chi connectivity index (χ4v) is 3.15. The standard InChI is InChI=1S/C16H21NO3S/c1-21-13-8-6-11(7-9-13)14(10-15(18)19)17-16(20)12-4-2-3-5-12/h6-9,12,14H,2-5,10H2,1H3,(H,17,20)(H,18,19). The van der Waals surface area contributed by atoms with Crippen LogP contribution >= 0.6 is 11.8 Å². The van der Waals surface area contributed by atoms with Crippen LogP contribution in [0, 0.1) is 5.92 Å². The van der Waals surface area contributed by atoms with E-state index in [4.69, 9.17) is 5.11 Å². The van der Waals surface area contributed by atoms with E-state index in [0.717, 1.165) is 36.1 Å². The monoisotopic (exact) mass is 307 g/mol. The van der Waals surface area contributed by atoms with Gasteiger partial charge in [0.15, 0.2) is 0 Å². The molecule has 1 unspecified atom stereocenters. The third kappa shape index (κ3) is 4.49. The van der Waals surface area contributed by atoms with Gasteiger partial charge in [-0.3, -0.25) is 9.59 Å². The van der Waals surface area contributed by atoms with Crippen LogP contribution in [0.4, 0.5) is 0 Å². The van der Waals surface area contributed by atoms with Crippen LogP contribution < -0.4 is 5.32 Å². The van der Waals surface area contributed by atoms with Crippen molar-refractivity contribution >= 4 is 23.6 Å². The van der Waals surface area contributed by atoms with E-state index in [1.807, 2.05) is 30.5 Å². The van der Waals surface area contributed by atoms with E-state index in [1.165, 1.54) is 0 Å². The van der Waals surface area contributed by atoms with E-state index in [-0.39, 0.29) is 18.2 Å². The van der Waals surface area contributed by atoms with Gasteiger partial charge < -0.3 is 10.4 Å². The van der Waals surface area contributed by atoms with E-state index >= 15 is 0 Å². The number of hydrogen-bond acceptors (Lipinski definition) is 3. The minimum atomic E-state index is -0.902. The fraction of sp³-hybridized carbons (Fsp3) is 0.500. The smallest absolute Gasteiger partial charge is 0.305 e. The molecule has 0 heterocycles. The molecule has 0 saturated heterocycles. The van der Waals surface area contributed by atoms with Gasteiger partial charge >= 0.3 is 5.97 Å². The maximum Gasteiger partial charge on any atom is 0.305 e. The van der Waals surface area contributed by atoms with Crippen LogP contribution in [-0.2, 0) is 9.59 Å². The molecule has 0 radical (unpaired) electrons. The average Bonchev–Trinajstić information content (AvgIpc) is 3.00. The highest BCUT2D eigenvalue weighted by Crippen LogP contribution is 2.27. The quantitative estimate of drug-likeness (QED) is 0.792. The number of hydrogen-bond donors (Lipinski definition) is 2. The van der Waals surface area contributed by atoms with Crippen LogP contribution in [0.15, 0.2) is 29.2 Å². The molecule has 1 amide bonds. The number of carboxylic acids is 1. The third-order valence-corrected chi connectivity index (χ3v) is 4.68. The maximum absolute atomic E-state index is 12.2. The molecule has 1 aliphatic rings. The second-order valence-electron chi connectivity index (χ2n) is 5.41. The molecule has 1 aliphatic carbocycles. The summed E-state index contributed by atoms with van der Waals surface area (Å²) < 4.78 is 0.